The van der Waals surface area contributed by atoms with E-state index in [4.69, 9.17) is 42.6 Å². The molecule has 4 aliphatic heterocycles. The summed E-state index contributed by atoms with van der Waals surface area (Å²) in [6.45, 7) is 10.2. The highest BCUT2D eigenvalue weighted by atomic mass is 32.1. The zero-order valence-corrected chi connectivity index (χ0v) is 32.9. The lowest BCUT2D eigenvalue weighted by molar-refractivity contribution is -0.387. The Labute approximate surface area is 322 Å². The van der Waals surface area contributed by atoms with Crippen LogP contribution in [0.3, 0.4) is 0 Å². The summed E-state index contributed by atoms with van der Waals surface area (Å²) in [6, 6.07) is -0.841. The molecule has 0 unspecified atom stereocenters. The van der Waals surface area contributed by atoms with Crippen molar-refractivity contribution in [2.45, 2.75) is 190 Å². The molecule has 0 aliphatic carbocycles. The van der Waals surface area contributed by atoms with E-state index in [1.54, 1.807) is 13.8 Å². The van der Waals surface area contributed by atoms with Crippen molar-refractivity contribution in [1.82, 2.24) is 5.32 Å². The fourth-order valence-corrected chi connectivity index (χ4v) is 7.29. The molecule has 18 nitrogen and oxygen atoms in total. The zero-order chi connectivity index (χ0) is 40.0. The topological polar surface area (TPSA) is 254 Å². The van der Waals surface area contributed by atoms with Crippen LogP contribution in [0.4, 0.5) is 0 Å². The van der Waals surface area contributed by atoms with Gasteiger partial charge >= 0.3 is 0 Å². The van der Waals surface area contributed by atoms with Crippen LogP contribution in [-0.4, -0.2) is 184 Å². The number of unbranched alkanes of at least 4 members (excludes halogenated alkanes) is 2. The van der Waals surface area contributed by atoms with Gasteiger partial charge in [0.2, 0.25) is 5.91 Å². The van der Waals surface area contributed by atoms with Gasteiger partial charge in [0.1, 0.15) is 67.1 Å². The fourth-order valence-electron chi connectivity index (χ4n) is 7.07. The molecule has 20 atom stereocenters. The molecule has 1 amide bonds. The Morgan fingerprint density at radius 3 is 1.65 bits per heavy atom. The van der Waals surface area contributed by atoms with Gasteiger partial charge in [-0.1, -0.05) is 20.3 Å². The van der Waals surface area contributed by atoms with Crippen molar-refractivity contribution in [3.05, 3.63) is 0 Å². The number of amides is 1. The normalized spacial score (nSPS) is 46.1. The van der Waals surface area contributed by atoms with Crippen LogP contribution in [0.25, 0.3) is 0 Å². The molecule has 0 aromatic heterocycles. The molecular weight excluding hydrogens is 738 g/mol. The number of thiol groups is 1. The van der Waals surface area contributed by atoms with Gasteiger partial charge in [-0.05, 0) is 52.2 Å². The number of aliphatic hydroxyl groups is 7. The first-order valence-electron chi connectivity index (χ1n) is 18.9. The van der Waals surface area contributed by atoms with Gasteiger partial charge in [0.25, 0.3) is 0 Å². The predicted octanol–water partition coefficient (Wildman–Crippen LogP) is -1.69. The highest BCUT2D eigenvalue weighted by Gasteiger charge is 2.54. The Bertz CT molecular complexity index is 1150. The lowest BCUT2D eigenvalue weighted by atomic mass is 9.95. The van der Waals surface area contributed by atoms with Gasteiger partial charge in [-0.2, -0.15) is 12.6 Å². The summed E-state index contributed by atoms with van der Waals surface area (Å²) in [5, 5.41) is 80.6. The molecule has 0 radical (unpaired) electrons. The Balaban J connectivity index is 1.46. The minimum absolute atomic E-state index is 0.0853. The fraction of sp³-hybridized carbons (Fsp3) is 0.971. The first kappa shape index (κ1) is 45.9. The van der Waals surface area contributed by atoms with Crippen LogP contribution in [0.15, 0.2) is 0 Å². The second-order valence-corrected chi connectivity index (χ2v) is 15.6. The van der Waals surface area contributed by atoms with Crippen molar-refractivity contribution >= 4 is 18.5 Å². The number of ether oxygens (including phenoxy) is 9. The summed E-state index contributed by atoms with van der Waals surface area (Å²) >= 11 is 4.21. The first-order chi connectivity index (χ1) is 25.5. The summed E-state index contributed by atoms with van der Waals surface area (Å²) in [5.41, 5.74) is 0. The third-order valence-electron chi connectivity index (χ3n) is 10.3. The van der Waals surface area contributed by atoms with Crippen LogP contribution in [0.1, 0.15) is 67.2 Å². The molecule has 4 aliphatic rings. The number of rotatable bonds is 16. The van der Waals surface area contributed by atoms with Gasteiger partial charge in [0.05, 0.1) is 30.5 Å². The van der Waals surface area contributed by atoms with Crippen molar-refractivity contribution < 1.29 is 83.2 Å². The van der Waals surface area contributed by atoms with E-state index in [9.17, 15) is 40.5 Å². The van der Waals surface area contributed by atoms with Crippen molar-refractivity contribution in [3.63, 3.8) is 0 Å². The standard InChI is InChI=1S/C35H63NO17S/c1-14(2)13-19(37)36-20-15(3)47-35(30(45-7)24(20)41)52-29-23(40)18(6)48-32(27(29)44)51-28-22(39)17(5)49-33(26(28)43)53-31-25(42)21(38)16(4)50-34(31)46-11-9-8-10-12-54/h14-18,20-35,38-44,54H,8-13H2,1-7H3,(H,36,37)/t15-,16+,17+,18+,20-,21+,22+,23+,24+,25-,26-,27-,28-,29-,30-,31-,32+,33+,34-,35+/m1/s1. The number of carbonyl (C=O) groups excluding carboxylic acids is 1. The summed E-state index contributed by atoms with van der Waals surface area (Å²) < 4.78 is 52.8. The van der Waals surface area contributed by atoms with Crippen LogP contribution in [-0.2, 0) is 47.4 Å². The van der Waals surface area contributed by atoms with Crippen LogP contribution in [0.5, 0.6) is 0 Å². The lowest BCUT2D eigenvalue weighted by Gasteiger charge is -2.49. The molecular formula is C35H63NO17S. The number of carbonyl (C=O) groups is 1. The number of hydrogen-bond acceptors (Lipinski definition) is 18. The van der Waals surface area contributed by atoms with Crippen molar-refractivity contribution in [3.8, 4) is 0 Å². The van der Waals surface area contributed by atoms with Gasteiger partial charge in [0, 0.05) is 20.1 Å². The quantitative estimate of drug-likeness (QED) is 0.0624. The summed E-state index contributed by atoms with van der Waals surface area (Å²) in [5.74, 6) is 0.533. The van der Waals surface area contributed by atoms with Crippen LogP contribution < -0.4 is 5.32 Å². The molecule has 4 saturated heterocycles. The van der Waals surface area contributed by atoms with Crippen LogP contribution >= 0.6 is 12.6 Å². The summed E-state index contributed by atoms with van der Waals surface area (Å²) in [7, 11) is 1.31. The predicted molar refractivity (Wildman–Crippen MR) is 190 cm³/mol. The number of aliphatic hydroxyl groups excluding tert-OH is 7. The maximum atomic E-state index is 12.5. The third kappa shape index (κ3) is 11.0. The van der Waals surface area contributed by atoms with Crippen molar-refractivity contribution in [1.29, 1.82) is 0 Å². The first-order valence-corrected chi connectivity index (χ1v) is 19.5. The molecule has 0 aromatic carbocycles. The molecule has 0 bridgehead atoms. The molecule has 316 valence electrons. The molecule has 0 saturated carbocycles. The van der Waals surface area contributed by atoms with Gasteiger partial charge in [0.15, 0.2) is 25.2 Å². The second kappa shape index (κ2) is 20.7. The maximum absolute atomic E-state index is 12.5. The van der Waals surface area contributed by atoms with Crippen molar-refractivity contribution in [2.75, 3.05) is 19.5 Å². The second-order valence-electron chi connectivity index (χ2n) is 15.1. The van der Waals surface area contributed by atoms with E-state index in [1.807, 2.05) is 13.8 Å². The minimum atomic E-state index is -1.74. The molecule has 19 heteroatoms. The molecule has 4 rings (SSSR count). The molecule has 8 N–H and O–H groups in total. The molecule has 4 fully saturated rings. The smallest absolute Gasteiger partial charge is 0.220 e. The van der Waals surface area contributed by atoms with Crippen molar-refractivity contribution in [2.24, 2.45) is 5.92 Å². The monoisotopic (exact) mass is 801 g/mol. The van der Waals surface area contributed by atoms with E-state index in [2.05, 4.69) is 17.9 Å². The van der Waals surface area contributed by atoms with Crippen LogP contribution in [0.2, 0.25) is 0 Å². The Kier molecular flexibility index (Phi) is 17.6. The Hall–Kier alpha value is -0.820. The number of methoxy groups -OCH3 is 1. The SMILES string of the molecule is CO[C@H]1[C@H](O[C@@H]2[C@@H](O)[C@H](C)O[C@@H](O[C@@H]3[C@@H](O)[C@H](C)O[C@@H](O[C@H]4[C@H](OCCCCCS)O[C@@H](C)[C@H](O)[C@H]4O)[C@@H]3O)[C@@H]2O)O[C@H](C)[C@@H](NC(=O)CC(C)C)[C@@H]1O. The van der Waals surface area contributed by atoms with E-state index >= 15 is 0 Å². The van der Waals surface area contributed by atoms with Crippen LogP contribution in [0, 0.1) is 5.92 Å². The highest BCUT2D eigenvalue weighted by molar-refractivity contribution is 7.80. The van der Waals surface area contributed by atoms with Gasteiger partial charge in [-0.25, -0.2) is 0 Å². The summed E-state index contributed by atoms with van der Waals surface area (Å²) in [4.78, 5) is 12.5. The van der Waals surface area contributed by atoms with E-state index in [1.165, 1.54) is 21.0 Å². The average Bonchev–Trinajstić information content (AvgIpc) is 3.11. The average molecular weight is 802 g/mol. The number of nitrogens with one attached hydrogen (secondary N) is 1. The Morgan fingerprint density at radius 2 is 1.11 bits per heavy atom. The lowest BCUT2D eigenvalue weighted by Crippen LogP contribution is -2.67. The van der Waals surface area contributed by atoms with Gasteiger partial charge in [-0.15, -0.1) is 0 Å². The zero-order valence-electron chi connectivity index (χ0n) is 32.0. The third-order valence-corrected chi connectivity index (χ3v) is 10.6. The Morgan fingerprint density at radius 1 is 0.611 bits per heavy atom. The van der Waals surface area contributed by atoms with E-state index in [0.717, 1.165) is 18.6 Å². The largest absolute Gasteiger partial charge is 0.388 e. The minimum Gasteiger partial charge on any atom is -0.388 e. The van der Waals surface area contributed by atoms with E-state index in [0.29, 0.717) is 6.42 Å². The van der Waals surface area contributed by atoms with Gasteiger partial charge < -0.3 is 83.7 Å². The maximum Gasteiger partial charge on any atom is 0.220 e. The highest BCUT2D eigenvalue weighted by Crippen LogP contribution is 2.35. The van der Waals surface area contributed by atoms with Gasteiger partial charge in [-0.3, -0.25) is 4.79 Å². The molecule has 0 aromatic rings. The summed E-state index contributed by atoms with van der Waals surface area (Å²) in [6.07, 6.45) is -22.5. The van der Waals surface area contributed by atoms with E-state index in [-0.39, 0.29) is 24.9 Å². The molecule has 0 spiro atoms. The number of hydrogen-bond donors (Lipinski definition) is 9. The molecule has 54 heavy (non-hydrogen) atoms. The molecule has 4 heterocycles. The van der Waals surface area contributed by atoms with E-state index < -0.39 is 123 Å².